The smallest absolute Gasteiger partial charge is 0.263 e. The van der Waals surface area contributed by atoms with Crippen molar-refractivity contribution >= 4 is 17.2 Å². The van der Waals surface area contributed by atoms with Crippen molar-refractivity contribution in [1.29, 1.82) is 0 Å². The molecule has 0 atom stereocenters. The van der Waals surface area contributed by atoms with Crippen molar-refractivity contribution in [2.24, 2.45) is 0 Å². The highest BCUT2D eigenvalue weighted by Gasteiger charge is 2.21. The van der Waals surface area contributed by atoms with E-state index in [1.165, 1.54) is 51.6 Å². The topological polar surface area (TPSA) is 45.2 Å². The van der Waals surface area contributed by atoms with Crippen LogP contribution in [0.15, 0.2) is 0 Å². The van der Waals surface area contributed by atoms with Crippen LogP contribution in [0.1, 0.15) is 71.7 Å². The van der Waals surface area contributed by atoms with Crippen molar-refractivity contribution in [3.63, 3.8) is 0 Å². The van der Waals surface area contributed by atoms with Crippen LogP contribution in [0.3, 0.4) is 0 Å². The molecule has 1 saturated carbocycles. The third kappa shape index (κ3) is 4.07. The van der Waals surface area contributed by atoms with E-state index in [4.69, 9.17) is 0 Å². The van der Waals surface area contributed by atoms with Crippen molar-refractivity contribution in [3.8, 4) is 0 Å². The van der Waals surface area contributed by atoms with Gasteiger partial charge in [-0.1, -0.05) is 25.7 Å². The zero-order valence-electron chi connectivity index (χ0n) is 13.6. The Bertz CT molecular complexity index is 500. The number of rotatable bonds is 4. The minimum Gasteiger partial charge on any atom is -0.349 e. The first kappa shape index (κ1) is 15.9. The van der Waals surface area contributed by atoms with Crippen LogP contribution in [0.25, 0.3) is 0 Å². The largest absolute Gasteiger partial charge is 0.349 e. The van der Waals surface area contributed by atoms with Gasteiger partial charge in [-0.3, -0.25) is 9.69 Å². The minimum absolute atomic E-state index is 0.0922. The Labute approximate surface area is 137 Å². The number of hydrogen-bond acceptors (Lipinski definition) is 4. The molecule has 0 spiro atoms. The number of carbonyl (C=O) groups excluding carboxylic acids is 1. The van der Waals surface area contributed by atoms with Gasteiger partial charge < -0.3 is 5.32 Å². The fourth-order valence-electron chi connectivity index (χ4n) is 3.54. The SMILES string of the molecule is Cc1nc(CN2CCCC2)sc1C(=O)NC1CCCCCC1. The van der Waals surface area contributed by atoms with E-state index in [9.17, 15) is 4.79 Å². The van der Waals surface area contributed by atoms with E-state index in [-0.39, 0.29) is 5.91 Å². The zero-order chi connectivity index (χ0) is 15.4. The van der Waals surface area contributed by atoms with E-state index >= 15 is 0 Å². The maximum absolute atomic E-state index is 12.5. The Morgan fingerprint density at radius 3 is 2.55 bits per heavy atom. The molecular formula is C17H27N3OS. The van der Waals surface area contributed by atoms with E-state index in [0.717, 1.165) is 35.0 Å². The maximum Gasteiger partial charge on any atom is 0.263 e. The quantitative estimate of drug-likeness (QED) is 0.863. The zero-order valence-corrected chi connectivity index (χ0v) is 14.4. The minimum atomic E-state index is 0.0922. The van der Waals surface area contributed by atoms with E-state index < -0.39 is 0 Å². The maximum atomic E-state index is 12.5. The number of nitrogens with zero attached hydrogens (tertiary/aromatic N) is 2. The summed E-state index contributed by atoms with van der Waals surface area (Å²) in [6.45, 7) is 5.21. The molecule has 1 saturated heterocycles. The van der Waals surface area contributed by atoms with Crippen LogP contribution in [-0.4, -0.2) is 34.9 Å². The van der Waals surface area contributed by atoms with E-state index in [1.807, 2.05) is 6.92 Å². The molecule has 4 nitrogen and oxygen atoms in total. The van der Waals surface area contributed by atoms with Crippen molar-refractivity contribution in [1.82, 2.24) is 15.2 Å². The summed E-state index contributed by atoms with van der Waals surface area (Å²) in [7, 11) is 0. The first-order valence-corrected chi connectivity index (χ1v) is 9.53. The number of hydrogen-bond donors (Lipinski definition) is 1. The molecule has 2 aliphatic rings. The highest BCUT2D eigenvalue weighted by atomic mass is 32.1. The van der Waals surface area contributed by atoms with Gasteiger partial charge in [0.2, 0.25) is 0 Å². The summed E-state index contributed by atoms with van der Waals surface area (Å²) in [5, 5.41) is 4.33. The van der Waals surface area contributed by atoms with Gasteiger partial charge in [0.1, 0.15) is 9.88 Å². The molecule has 0 unspecified atom stereocenters. The number of carbonyl (C=O) groups is 1. The third-order valence-corrected chi connectivity index (χ3v) is 5.94. The Kier molecular flexibility index (Phi) is 5.47. The first-order chi connectivity index (χ1) is 10.7. The van der Waals surface area contributed by atoms with Gasteiger partial charge in [-0.25, -0.2) is 4.98 Å². The molecule has 1 aliphatic heterocycles. The van der Waals surface area contributed by atoms with Gasteiger partial charge in [-0.05, 0) is 45.7 Å². The second-order valence-corrected chi connectivity index (χ2v) is 7.75. The summed E-state index contributed by atoms with van der Waals surface area (Å²) in [6.07, 6.45) is 9.95. The standard InChI is InChI=1S/C17H27N3OS/c1-13-16(17(21)19-14-8-4-2-3-5-9-14)22-15(18-13)12-20-10-6-7-11-20/h14H,2-12H2,1H3,(H,19,21). The van der Waals surface area contributed by atoms with Crippen molar-refractivity contribution in [3.05, 3.63) is 15.6 Å². The lowest BCUT2D eigenvalue weighted by Crippen LogP contribution is -2.34. The van der Waals surface area contributed by atoms with Crippen LogP contribution in [0, 0.1) is 6.92 Å². The molecule has 1 aliphatic carbocycles. The van der Waals surface area contributed by atoms with Gasteiger partial charge >= 0.3 is 0 Å². The fraction of sp³-hybridized carbons (Fsp3) is 0.765. The molecule has 2 heterocycles. The summed E-state index contributed by atoms with van der Waals surface area (Å²) < 4.78 is 0. The number of aromatic nitrogens is 1. The lowest BCUT2D eigenvalue weighted by Gasteiger charge is -2.15. The Morgan fingerprint density at radius 2 is 1.86 bits per heavy atom. The molecule has 0 radical (unpaired) electrons. The van der Waals surface area contributed by atoms with Crippen molar-refractivity contribution in [2.75, 3.05) is 13.1 Å². The van der Waals surface area contributed by atoms with Crippen LogP contribution in [0.4, 0.5) is 0 Å². The van der Waals surface area contributed by atoms with Gasteiger partial charge in [0.25, 0.3) is 5.91 Å². The Morgan fingerprint density at radius 1 is 1.18 bits per heavy atom. The number of nitrogens with one attached hydrogen (secondary N) is 1. The highest BCUT2D eigenvalue weighted by Crippen LogP contribution is 2.23. The van der Waals surface area contributed by atoms with Crippen LogP contribution in [-0.2, 0) is 6.54 Å². The van der Waals surface area contributed by atoms with E-state index in [2.05, 4.69) is 15.2 Å². The summed E-state index contributed by atoms with van der Waals surface area (Å²) in [5.74, 6) is 0.0922. The first-order valence-electron chi connectivity index (χ1n) is 8.72. The van der Waals surface area contributed by atoms with Gasteiger partial charge in [0.05, 0.1) is 12.2 Å². The molecule has 1 amide bonds. The van der Waals surface area contributed by atoms with E-state index in [1.54, 1.807) is 11.3 Å². The molecule has 0 bridgehead atoms. The van der Waals surface area contributed by atoms with Gasteiger partial charge in [0.15, 0.2) is 0 Å². The summed E-state index contributed by atoms with van der Waals surface area (Å²) in [5.41, 5.74) is 0.894. The average Bonchev–Trinajstić information content (AvgIpc) is 3.04. The number of aryl methyl sites for hydroxylation is 1. The van der Waals surface area contributed by atoms with Gasteiger partial charge in [-0.15, -0.1) is 11.3 Å². The molecule has 0 aromatic carbocycles. The lowest BCUT2D eigenvalue weighted by atomic mass is 10.1. The predicted molar refractivity (Wildman–Crippen MR) is 90.3 cm³/mol. The number of likely N-dealkylation sites (tertiary alicyclic amines) is 1. The van der Waals surface area contributed by atoms with E-state index in [0.29, 0.717) is 6.04 Å². The average molecular weight is 321 g/mol. The monoisotopic (exact) mass is 321 g/mol. The second-order valence-electron chi connectivity index (χ2n) is 6.67. The molecule has 1 aromatic heterocycles. The Balaban J connectivity index is 1.60. The summed E-state index contributed by atoms with van der Waals surface area (Å²) >= 11 is 1.58. The van der Waals surface area contributed by atoms with Crippen LogP contribution >= 0.6 is 11.3 Å². The molecule has 22 heavy (non-hydrogen) atoms. The van der Waals surface area contributed by atoms with Gasteiger partial charge in [-0.2, -0.15) is 0 Å². The highest BCUT2D eigenvalue weighted by molar-refractivity contribution is 7.13. The van der Waals surface area contributed by atoms with Crippen LogP contribution in [0.5, 0.6) is 0 Å². The van der Waals surface area contributed by atoms with Crippen molar-refractivity contribution < 1.29 is 4.79 Å². The molecular weight excluding hydrogens is 294 g/mol. The van der Waals surface area contributed by atoms with Crippen molar-refractivity contribution in [2.45, 2.75) is 70.9 Å². The fourth-order valence-corrected chi connectivity index (χ4v) is 4.55. The molecule has 5 heteroatoms. The molecule has 2 fully saturated rings. The summed E-state index contributed by atoms with van der Waals surface area (Å²) in [4.78, 5) is 20.4. The normalized spacial score (nSPS) is 21.0. The second kappa shape index (κ2) is 7.55. The van der Waals surface area contributed by atoms with Crippen LogP contribution < -0.4 is 5.32 Å². The number of amides is 1. The van der Waals surface area contributed by atoms with Gasteiger partial charge in [0, 0.05) is 6.04 Å². The molecule has 1 N–H and O–H groups in total. The molecule has 122 valence electrons. The molecule has 3 rings (SSSR count). The third-order valence-electron chi connectivity index (χ3n) is 4.80. The predicted octanol–water partition coefficient (Wildman–Crippen LogP) is 3.50. The lowest BCUT2D eigenvalue weighted by molar-refractivity contribution is 0.0936. The number of thiazole rings is 1. The van der Waals surface area contributed by atoms with Crippen LogP contribution in [0.2, 0.25) is 0 Å². The molecule has 1 aromatic rings. The summed E-state index contributed by atoms with van der Waals surface area (Å²) in [6, 6.07) is 0.360. The Hall–Kier alpha value is -0.940.